The number of rotatable bonds is 2. The van der Waals surface area contributed by atoms with Crippen molar-refractivity contribution < 1.29 is 9.53 Å². The van der Waals surface area contributed by atoms with Crippen LogP contribution in [0.5, 0.6) is 0 Å². The first-order valence-electron chi connectivity index (χ1n) is 5.48. The minimum absolute atomic E-state index is 0.237. The Morgan fingerprint density at radius 3 is 2.53 bits per heavy atom. The number of benzene rings is 1. The fourth-order valence-electron chi connectivity index (χ4n) is 1.67. The van der Waals surface area contributed by atoms with Gasteiger partial charge in [-0.05, 0) is 19.1 Å². The number of methoxy groups -OCH3 is 1. The van der Waals surface area contributed by atoms with Crippen molar-refractivity contribution >= 4 is 34.1 Å². The Bertz CT molecular complexity index is 680. The number of carbonyl (C=O) groups is 1. The summed E-state index contributed by atoms with van der Waals surface area (Å²) in [7, 11) is 1.32. The van der Waals surface area contributed by atoms with Gasteiger partial charge in [0.25, 0.3) is 0 Å². The highest BCUT2D eigenvalue weighted by Crippen LogP contribution is 2.20. The average molecular weight is 339 g/mol. The SMILES string of the molecule is COC(=O)c1c(C)[nH]c(-c2ccc(Br)cc2)nc1=S. The van der Waals surface area contributed by atoms with Crippen LogP contribution in [0, 0.1) is 11.6 Å². The van der Waals surface area contributed by atoms with Gasteiger partial charge in [0.2, 0.25) is 0 Å². The molecule has 1 aromatic heterocycles. The zero-order valence-corrected chi connectivity index (χ0v) is 12.8. The van der Waals surface area contributed by atoms with Crippen LogP contribution in [0.2, 0.25) is 0 Å². The maximum atomic E-state index is 11.6. The second kappa shape index (κ2) is 5.63. The minimum Gasteiger partial charge on any atom is -0.465 e. The Morgan fingerprint density at radius 1 is 1.37 bits per heavy atom. The number of halogens is 1. The molecule has 0 radical (unpaired) electrons. The van der Waals surface area contributed by atoms with E-state index in [4.69, 9.17) is 12.2 Å². The van der Waals surface area contributed by atoms with Crippen LogP contribution >= 0.6 is 28.1 Å². The van der Waals surface area contributed by atoms with E-state index in [1.54, 1.807) is 6.92 Å². The molecule has 2 aromatic rings. The zero-order valence-electron chi connectivity index (χ0n) is 10.4. The van der Waals surface area contributed by atoms with Gasteiger partial charge < -0.3 is 9.72 Å². The highest BCUT2D eigenvalue weighted by Gasteiger charge is 2.14. The van der Waals surface area contributed by atoms with Gasteiger partial charge in [0.1, 0.15) is 16.0 Å². The van der Waals surface area contributed by atoms with Gasteiger partial charge in [-0.2, -0.15) is 0 Å². The average Bonchev–Trinajstić information content (AvgIpc) is 2.38. The molecule has 98 valence electrons. The summed E-state index contributed by atoms with van der Waals surface area (Å²) in [5, 5.41) is 0. The smallest absolute Gasteiger partial charge is 0.342 e. The van der Waals surface area contributed by atoms with Crippen LogP contribution in [-0.4, -0.2) is 23.0 Å². The summed E-state index contributed by atoms with van der Waals surface area (Å²) in [5.74, 6) is 0.149. The van der Waals surface area contributed by atoms with Gasteiger partial charge in [0.05, 0.1) is 7.11 Å². The van der Waals surface area contributed by atoms with E-state index in [0.717, 1.165) is 10.0 Å². The lowest BCUT2D eigenvalue weighted by molar-refractivity contribution is 0.0598. The van der Waals surface area contributed by atoms with Gasteiger partial charge in [-0.1, -0.05) is 40.3 Å². The molecule has 2 rings (SSSR count). The molecular weight excluding hydrogens is 328 g/mol. The molecule has 0 fully saturated rings. The first-order chi connectivity index (χ1) is 9.02. The van der Waals surface area contributed by atoms with Gasteiger partial charge in [0, 0.05) is 15.7 Å². The molecule has 19 heavy (non-hydrogen) atoms. The molecule has 0 atom stereocenters. The number of aromatic nitrogens is 2. The van der Waals surface area contributed by atoms with Gasteiger partial charge in [0.15, 0.2) is 0 Å². The summed E-state index contributed by atoms with van der Waals surface area (Å²) < 4.78 is 5.91. The number of ether oxygens (including phenoxy) is 1. The maximum Gasteiger partial charge on any atom is 0.342 e. The fraction of sp³-hybridized carbons (Fsp3) is 0.154. The lowest BCUT2D eigenvalue weighted by Gasteiger charge is -2.07. The van der Waals surface area contributed by atoms with Gasteiger partial charge in [-0.25, -0.2) is 9.78 Å². The Labute approximate surface area is 124 Å². The van der Waals surface area contributed by atoms with Crippen molar-refractivity contribution in [1.82, 2.24) is 9.97 Å². The Balaban J connectivity index is 2.54. The number of esters is 1. The molecule has 0 saturated carbocycles. The predicted octanol–water partition coefficient (Wildman–Crippen LogP) is 3.66. The van der Waals surface area contributed by atoms with Crippen molar-refractivity contribution in [3.63, 3.8) is 0 Å². The number of aryl methyl sites for hydroxylation is 1. The first-order valence-corrected chi connectivity index (χ1v) is 6.68. The van der Waals surface area contributed by atoms with Crippen molar-refractivity contribution in [2.45, 2.75) is 6.92 Å². The molecular formula is C13H11BrN2O2S. The molecule has 0 aliphatic carbocycles. The van der Waals surface area contributed by atoms with Crippen LogP contribution in [0.1, 0.15) is 16.1 Å². The summed E-state index contributed by atoms with van der Waals surface area (Å²) >= 11 is 8.53. The monoisotopic (exact) mass is 338 g/mol. The summed E-state index contributed by atoms with van der Waals surface area (Å²) in [6.07, 6.45) is 0. The molecule has 0 spiro atoms. The van der Waals surface area contributed by atoms with E-state index in [1.165, 1.54) is 7.11 Å². The lowest BCUT2D eigenvalue weighted by Crippen LogP contribution is -2.08. The maximum absolute atomic E-state index is 11.6. The second-order valence-electron chi connectivity index (χ2n) is 3.89. The van der Waals surface area contributed by atoms with E-state index >= 15 is 0 Å². The van der Waals surface area contributed by atoms with Crippen molar-refractivity contribution in [3.05, 3.63) is 44.6 Å². The zero-order chi connectivity index (χ0) is 14.0. The van der Waals surface area contributed by atoms with Crippen LogP contribution in [-0.2, 0) is 4.74 Å². The van der Waals surface area contributed by atoms with Crippen LogP contribution in [0.15, 0.2) is 28.7 Å². The van der Waals surface area contributed by atoms with Crippen molar-refractivity contribution in [1.29, 1.82) is 0 Å². The highest BCUT2D eigenvalue weighted by molar-refractivity contribution is 9.10. The number of H-pyrrole nitrogens is 1. The summed E-state index contributed by atoms with van der Waals surface area (Å²) in [6.45, 7) is 1.77. The summed E-state index contributed by atoms with van der Waals surface area (Å²) in [5.41, 5.74) is 1.84. The largest absolute Gasteiger partial charge is 0.465 e. The molecule has 0 unspecified atom stereocenters. The number of hydrogen-bond donors (Lipinski definition) is 1. The molecule has 1 heterocycles. The third-order valence-corrected chi connectivity index (χ3v) is 3.44. The standard InChI is InChI=1S/C13H11BrN2O2S/c1-7-10(13(17)18-2)12(19)16-11(15-7)8-3-5-9(14)6-4-8/h3-6H,1-2H3,(H,15,16,19). The van der Waals surface area contributed by atoms with E-state index in [2.05, 4.69) is 30.6 Å². The van der Waals surface area contributed by atoms with Crippen molar-refractivity contribution in [3.8, 4) is 11.4 Å². The third kappa shape index (κ3) is 2.90. The third-order valence-electron chi connectivity index (χ3n) is 2.62. The Kier molecular flexibility index (Phi) is 4.11. The molecule has 0 bridgehead atoms. The number of aromatic amines is 1. The van der Waals surface area contributed by atoms with Gasteiger partial charge in [-0.3, -0.25) is 0 Å². The minimum atomic E-state index is -0.478. The normalized spacial score (nSPS) is 10.3. The van der Waals surface area contributed by atoms with Crippen molar-refractivity contribution in [2.24, 2.45) is 0 Å². The Hall–Kier alpha value is -1.53. The highest BCUT2D eigenvalue weighted by atomic mass is 79.9. The molecule has 0 aliphatic rings. The topological polar surface area (TPSA) is 55.0 Å². The molecule has 0 saturated heterocycles. The van der Waals surface area contributed by atoms with Crippen molar-refractivity contribution in [2.75, 3.05) is 7.11 Å². The number of carbonyl (C=O) groups excluding carboxylic acids is 1. The van der Waals surface area contributed by atoms with Crippen LogP contribution < -0.4 is 0 Å². The predicted molar refractivity (Wildman–Crippen MR) is 78.6 cm³/mol. The van der Waals surface area contributed by atoms with E-state index < -0.39 is 5.97 Å². The van der Waals surface area contributed by atoms with E-state index in [1.807, 2.05) is 24.3 Å². The number of nitrogens with zero attached hydrogens (tertiary/aromatic N) is 1. The summed E-state index contributed by atoms with van der Waals surface area (Å²) in [4.78, 5) is 18.9. The van der Waals surface area contributed by atoms with E-state index in [-0.39, 0.29) is 4.64 Å². The fourth-order valence-corrected chi connectivity index (χ4v) is 2.26. The first kappa shape index (κ1) is 13.9. The summed E-state index contributed by atoms with van der Waals surface area (Å²) in [6, 6.07) is 7.65. The molecule has 4 nitrogen and oxygen atoms in total. The van der Waals surface area contributed by atoms with Crippen LogP contribution in [0.25, 0.3) is 11.4 Å². The van der Waals surface area contributed by atoms with E-state index in [9.17, 15) is 4.79 Å². The van der Waals surface area contributed by atoms with Gasteiger partial charge in [-0.15, -0.1) is 0 Å². The second-order valence-corrected chi connectivity index (χ2v) is 5.19. The van der Waals surface area contributed by atoms with Crippen LogP contribution in [0.4, 0.5) is 0 Å². The quantitative estimate of drug-likeness (QED) is 0.670. The molecule has 1 N–H and O–H groups in total. The molecule has 1 aromatic carbocycles. The number of nitrogens with one attached hydrogen (secondary N) is 1. The van der Waals surface area contributed by atoms with Crippen LogP contribution in [0.3, 0.4) is 0 Å². The lowest BCUT2D eigenvalue weighted by atomic mass is 10.2. The molecule has 0 amide bonds. The van der Waals surface area contributed by atoms with E-state index in [0.29, 0.717) is 17.1 Å². The Morgan fingerprint density at radius 2 is 2.00 bits per heavy atom. The molecule has 0 aliphatic heterocycles. The molecule has 6 heteroatoms. The number of hydrogen-bond acceptors (Lipinski definition) is 4. The van der Waals surface area contributed by atoms with Gasteiger partial charge >= 0.3 is 5.97 Å².